The Labute approximate surface area is 215 Å². The van der Waals surface area contributed by atoms with Crippen LogP contribution in [0.3, 0.4) is 0 Å². The highest BCUT2D eigenvalue weighted by molar-refractivity contribution is 7.12. The third-order valence-electron chi connectivity index (χ3n) is 6.31. The van der Waals surface area contributed by atoms with Gasteiger partial charge in [-0.2, -0.15) is 4.37 Å². The monoisotopic (exact) mass is 503 g/mol. The van der Waals surface area contributed by atoms with E-state index < -0.39 is 0 Å². The molecule has 188 valence electrons. The summed E-state index contributed by atoms with van der Waals surface area (Å²) in [5, 5.41) is 0.589. The minimum absolute atomic E-state index is 0.00142. The molecule has 0 aliphatic carbocycles. The van der Waals surface area contributed by atoms with Gasteiger partial charge in [-0.15, -0.1) is 0 Å². The Kier molecular flexibility index (Phi) is 8.28. The molecular weight excluding hydrogens is 470 g/mol. The summed E-state index contributed by atoms with van der Waals surface area (Å²) in [4.78, 5) is 34.2. The first-order valence-corrected chi connectivity index (χ1v) is 13.1. The van der Waals surface area contributed by atoms with Crippen LogP contribution >= 0.6 is 11.5 Å². The normalized spacial score (nSPS) is 12.1. The molecule has 1 atom stereocenters. The molecule has 0 saturated heterocycles. The molecule has 4 rings (SSSR count). The molecule has 2 heterocycles. The summed E-state index contributed by atoms with van der Waals surface area (Å²) >= 11 is 1.26. The number of aryl methyl sites for hydroxylation is 2. The highest BCUT2D eigenvalue weighted by atomic mass is 32.1. The molecular formula is C28H33N5O2S. The van der Waals surface area contributed by atoms with Crippen LogP contribution in [-0.2, 0) is 13.0 Å². The van der Waals surface area contributed by atoms with Crippen LogP contribution < -0.4 is 11.3 Å². The molecule has 36 heavy (non-hydrogen) atoms. The van der Waals surface area contributed by atoms with Crippen molar-refractivity contribution >= 4 is 27.7 Å². The van der Waals surface area contributed by atoms with E-state index in [2.05, 4.69) is 11.3 Å². The van der Waals surface area contributed by atoms with Crippen molar-refractivity contribution in [3.05, 3.63) is 93.2 Å². The van der Waals surface area contributed by atoms with E-state index in [1.54, 1.807) is 4.57 Å². The summed E-state index contributed by atoms with van der Waals surface area (Å²) < 4.78 is 6.14. The minimum atomic E-state index is -0.0620. The van der Waals surface area contributed by atoms with Crippen molar-refractivity contribution in [2.24, 2.45) is 11.7 Å². The van der Waals surface area contributed by atoms with Crippen molar-refractivity contribution in [2.75, 3.05) is 19.6 Å². The maximum atomic E-state index is 13.5. The average molecular weight is 504 g/mol. The van der Waals surface area contributed by atoms with Gasteiger partial charge in [-0.25, -0.2) is 4.98 Å². The Morgan fingerprint density at radius 3 is 2.53 bits per heavy atom. The summed E-state index contributed by atoms with van der Waals surface area (Å²) in [5.41, 5.74) is 9.24. The molecule has 2 aromatic heterocycles. The van der Waals surface area contributed by atoms with Crippen molar-refractivity contribution in [1.82, 2.24) is 18.8 Å². The number of nitrogens with two attached hydrogens (primary N) is 1. The molecule has 7 nitrogen and oxygen atoms in total. The van der Waals surface area contributed by atoms with E-state index in [1.807, 2.05) is 73.3 Å². The number of carbonyl (C=O) groups excluding carboxylic acids is 1. The third-order valence-corrected chi connectivity index (χ3v) is 7.14. The van der Waals surface area contributed by atoms with Crippen molar-refractivity contribution in [3.63, 3.8) is 0 Å². The van der Waals surface area contributed by atoms with Gasteiger partial charge in [-0.1, -0.05) is 55.0 Å². The highest BCUT2D eigenvalue weighted by Crippen LogP contribution is 2.20. The van der Waals surface area contributed by atoms with Crippen LogP contribution in [0.15, 0.2) is 59.4 Å². The lowest BCUT2D eigenvalue weighted by Gasteiger charge is -2.26. The lowest BCUT2D eigenvalue weighted by molar-refractivity contribution is 0.0730. The molecule has 0 bridgehead atoms. The molecule has 2 N–H and O–H groups in total. The zero-order valence-electron chi connectivity index (χ0n) is 21.1. The second kappa shape index (κ2) is 11.6. The van der Waals surface area contributed by atoms with Gasteiger partial charge >= 0.3 is 0 Å². The van der Waals surface area contributed by atoms with Crippen LogP contribution in [0, 0.1) is 19.8 Å². The molecule has 0 aliphatic heterocycles. The zero-order valence-corrected chi connectivity index (χ0v) is 21.9. The van der Waals surface area contributed by atoms with Crippen molar-refractivity contribution in [2.45, 2.75) is 40.2 Å². The molecule has 0 spiro atoms. The van der Waals surface area contributed by atoms with Crippen molar-refractivity contribution in [1.29, 1.82) is 0 Å². The fourth-order valence-corrected chi connectivity index (χ4v) is 5.17. The lowest BCUT2D eigenvalue weighted by Crippen LogP contribution is -2.37. The topological polar surface area (TPSA) is 94.1 Å². The minimum Gasteiger partial charge on any atom is -0.338 e. The Morgan fingerprint density at radius 1 is 1.11 bits per heavy atom. The number of nitrogens with zero attached hydrogens (tertiary/aromatic N) is 4. The number of rotatable bonds is 10. The van der Waals surface area contributed by atoms with Gasteiger partial charge in [-0.05, 0) is 62.0 Å². The number of hydrogen-bond donors (Lipinski definition) is 1. The average Bonchev–Trinajstić information content (AvgIpc) is 3.25. The van der Waals surface area contributed by atoms with Gasteiger partial charge in [0.05, 0.1) is 17.6 Å². The van der Waals surface area contributed by atoms with E-state index in [4.69, 9.17) is 10.7 Å². The Balaban J connectivity index is 1.61. The number of aromatic nitrogens is 3. The van der Waals surface area contributed by atoms with E-state index in [9.17, 15) is 9.59 Å². The maximum absolute atomic E-state index is 13.5. The fourth-order valence-electron chi connectivity index (χ4n) is 4.38. The SMILES string of the molecule is Cc1ccc(C(=O)N(CCCN)CC(C)Cc2nc3snc(C)c3c(=O)n2Cc2ccccc2)cc1. The predicted molar refractivity (Wildman–Crippen MR) is 146 cm³/mol. The number of hydrogen-bond acceptors (Lipinski definition) is 6. The van der Waals surface area contributed by atoms with Gasteiger partial charge in [0.25, 0.3) is 11.5 Å². The van der Waals surface area contributed by atoms with Gasteiger partial charge in [0, 0.05) is 25.1 Å². The van der Waals surface area contributed by atoms with E-state index >= 15 is 0 Å². The number of benzene rings is 2. The van der Waals surface area contributed by atoms with Crippen LogP contribution in [0.5, 0.6) is 0 Å². The first kappa shape index (κ1) is 25.7. The Hall–Kier alpha value is -3.36. The second-order valence-corrected chi connectivity index (χ2v) is 10.2. The largest absolute Gasteiger partial charge is 0.338 e. The summed E-state index contributed by atoms with van der Waals surface area (Å²) in [5.74, 6) is 0.796. The smallest absolute Gasteiger partial charge is 0.264 e. The maximum Gasteiger partial charge on any atom is 0.264 e. The van der Waals surface area contributed by atoms with Gasteiger partial charge in [0.2, 0.25) is 0 Å². The Morgan fingerprint density at radius 2 is 1.83 bits per heavy atom. The number of amides is 1. The molecule has 8 heteroatoms. The molecule has 0 saturated carbocycles. The summed E-state index contributed by atoms with van der Waals surface area (Å²) in [6, 6.07) is 17.6. The van der Waals surface area contributed by atoms with Crippen LogP contribution in [-0.4, -0.2) is 44.4 Å². The van der Waals surface area contributed by atoms with Crippen LogP contribution in [0.4, 0.5) is 0 Å². The summed E-state index contributed by atoms with van der Waals surface area (Å²) in [6.45, 7) is 8.05. The summed E-state index contributed by atoms with van der Waals surface area (Å²) in [7, 11) is 0. The van der Waals surface area contributed by atoms with Crippen molar-refractivity contribution < 1.29 is 4.79 Å². The second-order valence-electron chi connectivity index (χ2n) is 9.42. The molecule has 0 aliphatic rings. The molecule has 1 amide bonds. The van der Waals surface area contributed by atoms with E-state index in [0.29, 0.717) is 59.9 Å². The number of fused-ring (bicyclic) bond motifs is 1. The standard InChI is InChI=1S/C28H33N5O2S/c1-19-10-12-23(13-11-19)27(34)32(15-7-14-29)17-20(2)16-24-30-26-25(21(3)31-36-26)28(35)33(24)18-22-8-5-4-6-9-22/h4-6,8-13,20H,7,14-18,29H2,1-3H3. The van der Waals surface area contributed by atoms with Gasteiger partial charge in [0.15, 0.2) is 4.83 Å². The van der Waals surface area contributed by atoms with Crippen LogP contribution in [0.1, 0.15) is 46.3 Å². The summed E-state index contributed by atoms with van der Waals surface area (Å²) in [6.07, 6.45) is 1.29. The molecule has 1 unspecified atom stereocenters. The third kappa shape index (κ3) is 5.88. The Bertz CT molecular complexity index is 1380. The van der Waals surface area contributed by atoms with Gasteiger partial charge < -0.3 is 10.6 Å². The van der Waals surface area contributed by atoms with Crippen molar-refractivity contribution in [3.8, 4) is 0 Å². The van der Waals surface area contributed by atoms with E-state index in [-0.39, 0.29) is 17.4 Å². The highest BCUT2D eigenvalue weighted by Gasteiger charge is 2.21. The lowest BCUT2D eigenvalue weighted by atomic mass is 10.0. The van der Waals surface area contributed by atoms with Crippen LogP contribution in [0.2, 0.25) is 0 Å². The van der Waals surface area contributed by atoms with E-state index in [0.717, 1.165) is 17.5 Å². The zero-order chi connectivity index (χ0) is 25.7. The molecule has 0 fully saturated rings. The van der Waals surface area contributed by atoms with Gasteiger partial charge in [-0.3, -0.25) is 14.2 Å². The predicted octanol–water partition coefficient (Wildman–Crippen LogP) is 4.19. The molecule has 2 aromatic carbocycles. The molecule has 4 aromatic rings. The fraction of sp³-hybridized carbons (Fsp3) is 0.357. The molecule has 0 radical (unpaired) electrons. The van der Waals surface area contributed by atoms with Gasteiger partial charge in [0.1, 0.15) is 5.82 Å². The van der Waals surface area contributed by atoms with Crippen LogP contribution in [0.25, 0.3) is 10.2 Å². The first-order chi connectivity index (χ1) is 17.4. The first-order valence-electron chi connectivity index (χ1n) is 12.3. The number of carbonyl (C=O) groups is 1. The quantitative estimate of drug-likeness (QED) is 0.350. The van der Waals surface area contributed by atoms with E-state index in [1.165, 1.54) is 11.5 Å².